The lowest BCUT2D eigenvalue weighted by Gasteiger charge is -2.36. The third kappa shape index (κ3) is 3.92. The Bertz CT molecular complexity index is 314. The Kier molecular flexibility index (Phi) is 4.39. The minimum absolute atomic E-state index is 0.330. The SMILES string of the molecule is CCC1CCN(C(=O)OC(C)(C)C)C(C#N)C1. The van der Waals surface area contributed by atoms with E-state index in [1.54, 1.807) is 4.90 Å². The quantitative estimate of drug-likeness (QED) is 0.705. The van der Waals surface area contributed by atoms with Crippen molar-refractivity contribution in [1.29, 1.82) is 5.26 Å². The second-order valence-electron chi connectivity index (χ2n) is 5.62. The molecule has 0 bridgehead atoms. The molecule has 0 radical (unpaired) electrons. The van der Waals surface area contributed by atoms with E-state index >= 15 is 0 Å². The molecule has 17 heavy (non-hydrogen) atoms. The van der Waals surface area contributed by atoms with Crippen molar-refractivity contribution >= 4 is 6.09 Å². The summed E-state index contributed by atoms with van der Waals surface area (Å²) < 4.78 is 5.31. The lowest BCUT2D eigenvalue weighted by atomic mass is 9.90. The summed E-state index contributed by atoms with van der Waals surface area (Å²) >= 11 is 0. The average Bonchev–Trinajstić information content (AvgIpc) is 2.25. The van der Waals surface area contributed by atoms with Crippen molar-refractivity contribution in [1.82, 2.24) is 4.90 Å². The maximum Gasteiger partial charge on any atom is 0.411 e. The number of rotatable bonds is 1. The average molecular weight is 238 g/mol. The predicted octanol–water partition coefficient (Wildman–Crippen LogP) is 2.94. The van der Waals surface area contributed by atoms with Crippen LogP contribution in [-0.4, -0.2) is 29.2 Å². The van der Waals surface area contributed by atoms with Crippen molar-refractivity contribution in [3.05, 3.63) is 0 Å². The number of hydrogen-bond donors (Lipinski definition) is 0. The van der Waals surface area contributed by atoms with E-state index in [9.17, 15) is 4.79 Å². The van der Waals surface area contributed by atoms with E-state index in [0.717, 1.165) is 19.3 Å². The maximum atomic E-state index is 11.9. The number of nitriles is 1. The lowest BCUT2D eigenvalue weighted by Crippen LogP contribution is -2.47. The van der Waals surface area contributed by atoms with Gasteiger partial charge in [-0.2, -0.15) is 5.26 Å². The second kappa shape index (κ2) is 5.39. The van der Waals surface area contributed by atoms with Gasteiger partial charge in [0.05, 0.1) is 6.07 Å². The van der Waals surface area contributed by atoms with E-state index in [4.69, 9.17) is 10.00 Å². The van der Waals surface area contributed by atoms with Gasteiger partial charge < -0.3 is 4.74 Å². The number of hydrogen-bond acceptors (Lipinski definition) is 3. The number of likely N-dealkylation sites (tertiary alicyclic amines) is 1. The molecule has 4 heteroatoms. The fraction of sp³-hybridized carbons (Fsp3) is 0.846. The van der Waals surface area contributed by atoms with Crippen LogP contribution in [0, 0.1) is 17.2 Å². The van der Waals surface area contributed by atoms with Crippen LogP contribution in [0.5, 0.6) is 0 Å². The van der Waals surface area contributed by atoms with E-state index < -0.39 is 5.60 Å². The van der Waals surface area contributed by atoms with Crippen LogP contribution in [-0.2, 0) is 4.74 Å². The van der Waals surface area contributed by atoms with Gasteiger partial charge in [-0.15, -0.1) is 0 Å². The topological polar surface area (TPSA) is 53.3 Å². The minimum Gasteiger partial charge on any atom is -0.444 e. The van der Waals surface area contributed by atoms with Gasteiger partial charge in [-0.25, -0.2) is 4.79 Å². The Balaban J connectivity index is 2.65. The number of carbonyl (C=O) groups excluding carboxylic acids is 1. The number of ether oxygens (including phenoxy) is 1. The summed E-state index contributed by atoms with van der Waals surface area (Å²) in [5, 5.41) is 9.12. The van der Waals surface area contributed by atoms with Crippen molar-refractivity contribution in [2.45, 2.75) is 58.6 Å². The Morgan fingerprint density at radius 1 is 1.53 bits per heavy atom. The van der Waals surface area contributed by atoms with Gasteiger partial charge in [-0.05, 0) is 39.5 Å². The number of amides is 1. The molecule has 2 atom stereocenters. The van der Waals surface area contributed by atoms with E-state index in [0.29, 0.717) is 12.5 Å². The first-order valence-corrected chi connectivity index (χ1v) is 6.26. The Hall–Kier alpha value is -1.24. The van der Waals surface area contributed by atoms with E-state index in [2.05, 4.69) is 13.0 Å². The van der Waals surface area contributed by atoms with Crippen molar-refractivity contribution in [3.63, 3.8) is 0 Å². The van der Waals surface area contributed by atoms with Gasteiger partial charge in [0.15, 0.2) is 0 Å². The standard InChI is InChI=1S/C13H22N2O2/c1-5-10-6-7-15(11(8-10)9-14)12(16)17-13(2,3)4/h10-11H,5-8H2,1-4H3. The highest BCUT2D eigenvalue weighted by atomic mass is 16.6. The van der Waals surface area contributed by atoms with Crippen molar-refractivity contribution < 1.29 is 9.53 Å². The van der Waals surface area contributed by atoms with Crippen LogP contribution in [0.15, 0.2) is 0 Å². The van der Waals surface area contributed by atoms with Crippen molar-refractivity contribution in [2.24, 2.45) is 5.92 Å². The summed E-state index contributed by atoms with van der Waals surface area (Å²) in [4.78, 5) is 13.5. The summed E-state index contributed by atoms with van der Waals surface area (Å²) in [7, 11) is 0. The molecule has 2 unspecified atom stereocenters. The molecule has 96 valence electrons. The van der Waals surface area contributed by atoms with Crippen LogP contribution in [0.4, 0.5) is 4.79 Å². The fourth-order valence-electron chi connectivity index (χ4n) is 2.07. The molecular formula is C13H22N2O2. The second-order valence-corrected chi connectivity index (χ2v) is 5.62. The van der Waals surface area contributed by atoms with E-state index in [1.807, 2.05) is 20.8 Å². The first kappa shape index (κ1) is 13.8. The highest BCUT2D eigenvalue weighted by Gasteiger charge is 2.33. The Morgan fingerprint density at radius 2 is 2.18 bits per heavy atom. The van der Waals surface area contributed by atoms with Gasteiger partial charge in [0.1, 0.15) is 11.6 Å². The Morgan fingerprint density at radius 3 is 2.65 bits per heavy atom. The molecule has 1 amide bonds. The van der Waals surface area contributed by atoms with Crippen molar-refractivity contribution in [2.75, 3.05) is 6.54 Å². The molecule has 0 spiro atoms. The fourth-order valence-corrected chi connectivity index (χ4v) is 2.07. The van der Waals surface area contributed by atoms with E-state index in [-0.39, 0.29) is 12.1 Å². The summed E-state index contributed by atoms with van der Waals surface area (Å²) in [5.41, 5.74) is -0.501. The predicted molar refractivity (Wildman–Crippen MR) is 65.4 cm³/mol. The first-order chi connectivity index (χ1) is 7.87. The smallest absolute Gasteiger partial charge is 0.411 e. The molecule has 1 saturated heterocycles. The molecule has 1 aliphatic rings. The highest BCUT2D eigenvalue weighted by molar-refractivity contribution is 5.69. The molecular weight excluding hydrogens is 216 g/mol. The molecule has 0 aromatic rings. The van der Waals surface area contributed by atoms with Gasteiger partial charge in [-0.1, -0.05) is 13.3 Å². The molecule has 1 aliphatic heterocycles. The van der Waals surface area contributed by atoms with Crippen molar-refractivity contribution in [3.8, 4) is 6.07 Å². The van der Waals surface area contributed by atoms with Gasteiger partial charge in [-0.3, -0.25) is 4.90 Å². The van der Waals surface area contributed by atoms with Gasteiger partial charge in [0.2, 0.25) is 0 Å². The molecule has 0 aromatic carbocycles. The third-order valence-corrected chi connectivity index (χ3v) is 3.07. The number of piperidine rings is 1. The number of nitrogens with zero attached hydrogens (tertiary/aromatic N) is 2. The Labute approximate surface area is 104 Å². The zero-order chi connectivity index (χ0) is 13.1. The molecule has 0 saturated carbocycles. The molecule has 4 nitrogen and oxygen atoms in total. The molecule has 0 aliphatic carbocycles. The highest BCUT2D eigenvalue weighted by Crippen LogP contribution is 2.26. The molecule has 1 fully saturated rings. The maximum absolute atomic E-state index is 11.9. The molecule has 1 heterocycles. The minimum atomic E-state index is -0.501. The van der Waals surface area contributed by atoms with Gasteiger partial charge in [0.25, 0.3) is 0 Å². The molecule has 0 aromatic heterocycles. The summed E-state index contributed by atoms with van der Waals surface area (Å²) in [6.45, 7) is 8.27. The van der Waals surface area contributed by atoms with Crippen LogP contribution >= 0.6 is 0 Å². The first-order valence-electron chi connectivity index (χ1n) is 6.26. The molecule has 0 N–H and O–H groups in total. The van der Waals surface area contributed by atoms with Gasteiger partial charge >= 0.3 is 6.09 Å². The zero-order valence-electron chi connectivity index (χ0n) is 11.2. The van der Waals surface area contributed by atoms with Crippen LogP contribution in [0.25, 0.3) is 0 Å². The zero-order valence-corrected chi connectivity index (χ0v) is 11.2. The number of carbonyl (C=O) groups is 1. The van der Waals surface area contributed by atoms with Gasteiger partial charge in [0, 0.05) is 6.54 Å². The largest absolute Gasteiger partial charge is 0.444 e. The normalized spacial score (nSPS) is 25.2. The summed E-state index contributed by atoms with van der Waals surface area (Å²) in [5.74, 6) is 0.554. The van der Waals surface area contributed by atoms with Crippen LogP contribution < -0.4 is 0 Å². The monoisotopic (exact) mass is 238 g/mol. The van der Waals surface area contributed by atoms with Crippen LogP contribution in [0.1, 0.15) is 47.0 Å². The van der Waals surface area contributed by atoms with Crippen LogP contribution in [0.2, 0.25) is 0 Å². The van der Waals surface area contributed by atoms with E-state index in [1.165, 1.54) is 0 Å². The molecule has 1 rings (SSSR count). The van der Waals surface area contributed by atoms with Crippen LogP contribution in [0.3, 0.4) is 0 Å². The summed E-state index contributed by atoms with van der Waals surface area (Å²) in [6, 6.07) is 1.88. The summed E-state index contributed by atoms with van der Waals surface area (Å²) in [6.07, 6.45) is 2.44. The lowest BCUT2D eigenvalue weighted by molar-refractivity contribution is 0.0112. The third-order valence-electron chi connectivity index (χ3n) is 3.07.